The van der Waals surface area contributed by atoms with Crippen molar-refractivity contribution in [3.63, 3.8) is 0 Å². The Kier molecular flexibility index (Phi) is 30.6. The maximum Gasteiger partial charge on any atom is 1.00 e. The molecule has 0 aliphatic rings. The first-order valence-corrected chi connectivity index (χ1v) is 11.5. The summed E-state index contributed by atoms with van der Waals surface area (Å²) < 4.78 is 5.58. The normalized spacial score (nSPS) is 8.51. The standard InChI is InChI=1S/C13H18O.C10H14O.C3H5Br.CH2O3.2K.H/c1-6-7-14-13-8-9(2)10(3)11(4)12(13)5;1-6-5-10(11)9(4)8(3)7(6)2;1-2-3-4;2-1-4-3;;;/h6,8H,1,7H2,2-5H3;5,11H,1-4H3;2H,1,3H2;1,3H;;;/q;;;;2*+1;-1/p-1. The van der Waals surface area contributed by atoms with Crippen LogP contribution in [0.1, 0.15) is 45.9 Å². The van der Waals surface area contributed by atoms with Crippen molar-refractivity contribution in [2.45, 2.75) is 55.4 Å². The predicted octanol–water partition coefficient (Wildman–Crippen LogP) is 0.233. The number of halogens is 1. The van der Waals surface area contributed by atoms with Crippen LogP contribution in [0.4, 0.5) is 0 Å². The number of carbonyl (C=O) groups excluding carboxylic acids is 1. The van der Waals surface area contributed by atoms with E-state index in [1.807, 2.05) is 26.8 Å². The van der Waals surface area contributed by atoms with Gasteiger partial charge in [-0.1, -0.05) is 34.7 Å². The number of allylic oxidation sites excluding steroid dienone is 1. The summed E-state index contributed by atoms with van der Waals surface area (Å²) in [5.41, 5.74) is 9.82. The zero-order valence-corrected chi connectivity index (χ0v) is 31.0. The molecule has 1 N–H and O–H groups in total. The Hall–Kier alpha value is 0.703. The van der Waals surface area contributed by atoms with E-state index in [9.17, 15) is 5.11 Å². The fraction of sp³-hybridized carbons (Fsp3) is 0.370. The van der Waals surface area contributed by atoms with Crippen LogP contribution in [0.15, 0.2) is 37.4 Å². The molecule has 2 rings (SSSR count). The molecule has 0 aliphatic heterocycles. The third-order valence-electron chi connectivity index (χ3n) is 5.39. The number of ether oxygens (including phenoxy) is 1. The van der Waals surface area contributed by atoms with Gasteiger partial charge in [0.1, 0.15) is 18.1 Å². The van der Waals surface area contributed by atoms with Crippen molar-refractivity contribution < 1.29 is 129 Å². The Morgan fingerprint density at radius 3 is 1.63 bits per heavy atom. The van der Waals surface area contributed by atoms with Crippen molar-refractivity contribution in [3.8, 4) is 11.5 Å². The first-order valence-electron chi connectivity index (χ1n) is 10.4. The smallest absolute Gasteiger partial charge is 1.00 e. The Bertz CT molecular complexity index is 888. The van der Waals surface area contributed by atoms with Gasteiger partial charge in [-0.3, -0.25) is 4.79 Å². The third kappa shape index (κ3) is 17.0. The van der Waals surface area contributed by atoms with E-state index < -0.39 is 0 Å². The molecule has 0 saturated heterocycles. The van der Waals surface area contributed by atoms with Gasteiger partial charge in [-0.15, -0.1) is 6.58 Å². The summed E-state index contributed by atoms with van der Waals surface area (Å²) in [5.74, 6) is 1.39. The van der Waals surface area contributed by atoms with Crippen molar-refractivity contribution in [2.75, 3.05) is 11.9 Å². The average molecular weight is 602 g/mol. The molecular weight excluding hydrogens is 562 g/mol. The van der Waals surface area contributed by atoms with E-state index >= 15 is 0 Å². The number of benzene rings is 2. The first-order chi connectivity index (χ1) is 15.4. The summed E-state index contributed by atoms with van der Waals surface area (Å²) in [5, 5.41) is 18.7. The molecule has 5 nitrogen and oxygen atoms in total. The van der Waals surface area contributed by atoms with Crippen LogP contribution >= 0.6 is 15.9 Å². The zero-order valence-electron chi connectivity index (χ0n) is 24.2. The molecular formula is C27H39BrK2O5. The van der Waals surface area contributed by atoms with Crippen LogP contribution < -0.4 is 113 Å². The van der Waals surface area contributed by atoms with Crippen molar-refractivity contribution in [3.05, 3.63) is 82.0 Å². The number of phenolic OH excluding ortho intramolecular Hbond substituents is 1. The van der Waals surface area contributed by atoms with Gasteiger partial charge in [-0.05, 0) is 112 Å². The van der Waals surface area contributed by atoms with Gasteiger partial charge in [0.25, 0.3) is 6.47 Å². The number of aryl methyl sites for hydroxylation is 2. The number of carbonyl (C=O) groups is 1. The van der Waals surface area contributed by atoms with E-state index in [4.69, 9.17) is 14.8 Å². The van der Waals surface area contributed by atoms with Gasteiger partial charge in [-0.2, -0.15) is 0 Å². The van der Waals surface area contributed by atoms with E-state index in [0.29, 0.717) is 12.4 Å². The summed E-state index contributed by atoms with van der Waals surface area (Å²) in [6.45, 7) is 24.0. The molecule has 0 unspecified atom stereocenters. The van der Waals surface area contributed by atoms with E-state index in [0.717, 1.165) is 22.2 Å². The molecule has 0 spiro atoms. The van der Waals surface area contributed by atoms with Gasteiger partial charge < -0.3 is 21.4 Å². The van der Waals surface area contributed by atoms with Gasteiger partial charge >= 0.3 is 103 Å². The van der Waals surface area contributed by atoms with E-state index in [1.165, 1.54) is 33.4 Å². The van der Waals surface area contributed by atoms with Gasteiger partial charge in [0.2, 0.25) is 0 Å². The number of phenols is 1. The van der Waals surface area contributed by atoms with Crippen LogP contribution in [0.3, 0.4) is 0 Å². The van der Waals surface area contributed by atoms with E-state index in [2.05, 4.69) is 74.7 Å². The minimum atomic E-state index is -0.181. The molecule has 0 saturated carbocycles. The topological polar surface area (TPSA) is 78.8 Å². The molecule has 0 aromatic heterocycles. The van der Waals surface area contributed by atoms with Crippen molar-refractivity contribution in [1.82, 2.24) is 0 Å². The quantitative estimate of drug-likeness (QED) is 0.133. The number of rotatable bonds is 5. The number of alkyl halides is 1. The van der Waals surface area contributed by atoms with Crippen molar-refractivity contribution in [1.29, 1.82) is 0 Å². The van der Waals surface area contributed by atoms with Gasteiger partial charge in [-0.25, -0.2) is 0 Å². The Morgan fingerprint density at radius 1 is 0.857 bits per heavy atom. The van der Waals surface area contributed by atoms with Crippen molar-refractivity contribution in [2.24, 2.45) is 0 Å². The Morgan fingerprint density at radius 2 is 1.26 bits per heavy atom. The minimum absolute atomic E-state index is 0. The Labute approximate surface area is 307 Å². The average Bonchev–Trinajstić information content (AvgIpc) is 2.82. The van der Waals surface area contributed by atoms with Crippen LogP contribution in [0.25, 0.3) is 0 Å². The van der Waals surface area contributed by atoms with Crippen LogP contribution in [-0.2, 0) is 9.68 Å². The molecule has 0 bridgehead atoms. The fourth-order valence-corrected chi connectivity index (χ4v) is 2.66. The molecule has 2 aromatic carbocycles. The SMILES string of the molecule is C=CCBr.C=CCOc1cc(C)c(C)c(C)c1C.Cc1cc(O)c(C)c(C)c1C.O=CO[O-].[H-].[K+].[K+]. The molecule has 0 atom stereocenters. The summed E-state index contributed by atoms with van der Waals surface area (Å²) in [7, 11) is 0. The molecule has 0 radical (unpaired) electrons. The summed E-state index contributed by atoms with van der Waals surface area (Å²) in [6.07, 6.45) is 3.56. The Balaban J connectivity index is -0.000000131. The fourth-order valence-electron chi connectivity index (χ4n) is 2.66. The second kappa shape index (κ2) is 25.0. The maximum absolute atomic E-state index is 9.41. The van der Waals surface area contributed by atoms with Crippen LogP contribution in [-0.4, -0.2) is 23.5 Å². The molecule has 0 aliphatic carbocycles. The van der Waals surface area contributed by atoms with Crippen molar-refractivity contribution >= 4 is 22.4 Å². The molecule has 186 valence electrons. The monoisotopic (exact) mass is 600 g/mol. The minimum Gasteiger partial charge on any atom is -1.00 e. The van der Waals surface area contributed by atoms with E-state index in [-0.39, 0.29) is 111 Å². The zero-order chi connectivity index (χ0) is 26.1. The number of aromatic hydroxyl groups is 1. The second-order valence-corrected chi connectivity index (χ2v) is 8.04. The predicted molar refractivity (Wildman–Crippen MR) is 140 cm³/mol. The number of hydrogen-bond donors (Lipinski definition) is 1. The van der Waals surface area contributed by atoms with E-state index in [1.54, 1.807) is 12.2 Å². The molecule has 0 fully saturated rings. The maximum atomic E-state index is 9.41. The summed E-state index contributed by atoms with van der Waals surface area (Å²) in [6, 6.07) is 3.92. The summed E-state index contributed by atoms with van der Waals surface area (Å²) in [4.78, 5) is 11.2. The van der Waals surface area contributed by atoms with Crippen LogP contribution in [0.5, 0.6) is 11.5 Å². The van der Waals surface area contributed by atoms with Crippen LogP contribution in [0, 0.1) is 55.4 Å². The third-order valence-corrected chi connectivity index (χ3v) is 5.85. The largest absolute Gasteiger partial charge is 1.00 e. The molecule has 0 amide bonds. The molecule has 8 heteroatoms. The number of hydrogen-bond acceptors (Lipinski definition) is 5. The first kappa shape index (κ1) is 42.8. The summed E-state index contributed by atoms with van der Waals surface area (Å²) >= 11 is 3.13. The van der Waals surface area contributed by atoms with Gasteiger partial charge in [0.05, 0.1) is 0 Å². The molecule has 35 heavy (non-hydrogen) atoms. The van der Waals surface area contributed by atoms with Crippen LogP contribution in [0.2, 0.25) is 0 Å². The molecule has 2 aromatic rings. The second-order valence-electron chi connectivity index (χ2n) is 7.39. The van der Waals surface area contributed by atoms with Gasteiger partial charge in [0.15, 0.2) is 0 Å². The molecule has 0 heterocycles. The van der Waals surface area contributed by atoms with Gasteiger partial charge in [0, 0.05) is 5.33 Å².